The molecule has 2 nitrogen and oxygen atoms in total. The van der Waals surface area contributed by atoms with Crippen molar-refractivity contribution in [2.75, 3.05) is 0 Å². The summed E-state index contributed by atoms with van der Waals surface area (Å²) in [7, 11) is 0. The second kappa shape index (κ2) is 4.28. The van der Waals surface area contributed by atoms with Crippen molar-refractivity contribution in [1.82, 2.24) is 0 Å². The summed E-state index contributed by atoms with van der Waals surface area (Å²) in [5.74, 6) is -0.281. The number of nitrogens with two attached hydrogens (primary N) is 1. The summed E-state index contributed by atoms with van der Waals surface area (Å²) in [6, 6.07) is 5.78. The van der Waals surface area contributed by atoms with Gasteiger partial charge in [0, 0.05) is 11.4 Å². The lowest BCUT2D eigenvalue weighted by atomic mass is 10.1. The van der Waals surface area contributed by atoms with Gasteiger partial charge in [-0.25, -0.2) is 0 Å². The molecule has 0 saturated heterocycles. The Labute approximate surface area is 82.7 Å². The van der Waals surface area contributed by atoms with E-state index in [0.717, 1.165) is 16.1 Å². The number of primary amides is 1. The van der Waals surface area contributed by atoms with E-state index in [1.54, 1.807) is 0 Å². The summed E-state index contributed by atoms with van der Waals surface area (Å²) < 4.78 is 0. The second-order valence-electron chi connectivity index (χ2n) is 3.05. The topological polar surface area (TPSA) is 43.1 Å². The van der Waals surface area contributed by atoms with Crippen molar-refractivity contribution < 1.29 is 4.79 Å². The van der Waals surface area contributed by atoms with Crippen molar-refractivity contribution in [3.8, 4) is 0 Å². The highest BCUT2D eigenvalue weighted by molar-refractivity contribution is 6.31. The Bertz CT molecular complexity index is 323. The third kappa shape index (κ3) is 3.07. The van der Waals surface area contributed by atoms with E-state index < -0.39 is 0 Å². The molecule has 0 saturated carbocycles. The minimum absolute atomic E-state index is 0.281. The van der Waals surface area contributed by atoms with Crippen molar-refractivity contribution in [1.29, 1.82) is 0 Å². The standard InChI is InChI=1S/C10H12ClNO/c1-7-2-3-8(6-9(7)11)4-5-10(12)13/h2-3,6H,4-5H2,1H3,(H2,12,13). The van der Waals surface area contributed by atoms with Crippen molar-refractivity contribution in [2.45, 2.75) is 19.8 Å². The first-order chi connectivity index (χ1) is 6.09. The van der Waals surface area contributed by atoms with Crippen LogP contribution in [0, 0.1) is 6.92 Å². The molecule has 3 heteroatoms. The number of carbonyl (C=O) groups excluding carboxylic acids is 1. The Morgan fingerprint density at radius 1 is 1.54 bits per heavy atom. The molecule has 0 heterocycles. The highest BCUT2D eigenvalue weighted by Crippen LogP contribution is 2.17. The maximum absolute atomic E-state index is 10.5. The number of amides is 1. The number of rotatable bonds is 3. The molecule has 70 valence electrons. The molecule has 0 bridgehead atoms. The minimum Gasteiger partial charge on any atom is -0.370 e. The van der Waals surface area contributed by atoms with E-state index in [1.807, 2.05) is 25.1 Å². The summed E-state index contributed by atoms with van der Waals surface area (Å²) in [5.41, 5.74) is 7.13. The van der Waals surface area contributed by atoms with Gasteiger partial charge in [0.15, 0.2) is 0 Å². The SMILES string of the molecule is Cc1ccc(CCC(N)=O)cc1Cl. The lowest BCUT2D eigenvalue weighted by Crippen LogP contribution is -2.11. The normalized spacial score (nSPS) is 10.0. The van der Waals surface area contributed by atoms with E-state index in [4.69, 9.17) is 17.3 Å². The van der Waals surface area contributed by atoms with Crippen molar-refractivity contribution in [3.05, 3.63) is 34.3 Å². The molecular weight excluding hydrogens is 186 g/mol. The molecule has 0 fully saturated rings. The monoisotopic (exact) mass is 197 g/mol. The maximum atomic E-state index is 10.5. The van der Waals surface area contributed by atoms with Gasteiger partial charge in [0.25, 0.3) is 0 Å². The fourth-order valence-electron chi connectivity index (χ4n) is 1.06. The van der Waals surface area contributed by atoms with Crippen LogP contribution in [0.1, 0.15) is 17.5 Å². The molecule has 0 atom stereocenters. The quantitative estimate of drug-likeness (QED) is 0.792. The Morgan fingerprint density at radius 3 is 2.77 bits per heavy atom. The third-order valence-electron chi connectivity index (χ3n) is 1.90. The lowest BCUT2D eigenvalue weighted by Gasteiger charge is -2.02. The van der Waals surface area contributed by atoms with E-state index >= 15 is 0 Å². The van der Waals surface area contributed by atoms with E-state index in [0.29, 0.717) is 12.8 Å². The van der Waals surface area contributed by atoms with Gasteiger partial charge in [0.05, 0.1) is 0 Å². The van der Waals surface area contributed by atoms with Gasteiger partial charge in [-0.05, 0) is 30.5 Å². The molecule has 0 radical (unpaired) electrons. The van der Waals surface area contributed by atoms with Crippen molar-refractivity contribution in [3.63, 3.8) is 0 Å². The van der Waals surface area contributed by atoms with Gasteiger partial charge in [0.2, 0.25) is 5.91 Å². The molecule has 0 spiro atoms. The molecular formula is C10H12ClNO. The van der Waals surface area contributed by atoms with Gasteiger partial charge >= 0.3 is 0 Å². The van der Waals surface area contributed by atoms with Gasteiger partial charge in [-0.1, -0.05) is 23.7 Å². The number of aryl methyl sites for hydroxylation is 2. The Hall–Kier alpha value is -1.02. The van der Waals surface area contributed by atoms with Gasteiger partial charge in [-0.3, -0.25) is 4.79 Å². The predicted molar refractivity (Wildman–Crippen MR) is 53.7 cm³/mol. The predicted octanol–water partition coefficient (Wildman–Crippen LogP) is 2.07. The lowest BCUT2D eigenvalue weighted by molar-refractivity contribution is -0.117. The van der Waals surface area contributed by atoms with Gasteiger partial charge < -0.3 is 5.73 Å². The molecule has 0 aromatic heterocycles. The summed E-state index contributed by atoms with van der Waals surface area (Å²) >= 11 is 5.91. The van der Waals surface area contributed by atoms with E-state index in [9.17, 15) is 4.79 Å². The van der Waals surface area contributed by atoms with Crippen LogP contribution < -0.4 is 5.73 Å². The molecule has 1 rings (SSSR count). The Kier molecular flexibility index (Phi) is 3.32. The molecule has 1 aromatic rings. The number of benzene rings is 1. The zero-order valence-corrected chi connectivity index (χ0v) is 8.27. The summed E-state index contributed by atoms with van der Waals surface area (Å²) in [5, 5.41) is 0.738. The molecule has 0 aliphatic rings. The average Bonchev–Trinajstić information content (AvgIpc) is 2.07. The largest absolute Gasteiger partial charge is 0.370 e. The van der Waals surface area contributed by atoms with Gasteiger partial charge in [-0.15, -0.1) is 0 Å². The van der Waals surface area contributed by atoms with Crippen LogP contribution in [0.4, 0.5) is 0 Å². The molecule has 2 N–H and O–H groups in total. The molecule has 0 aliphatic heterocycles. The number of halogens is 1. The first kappa shape index (κ1) is 10.1. The maximum Gasteiger partial charge on any atom is 0.217 e. The number of hydrogen-bond acceptors (Lipinski definition) is 1. The second-order valence-corrected chi connectivity index (χ2v) is 3.46. The van der Waals surface area contributed by atoms with E-state index in [-0.39, 0.29) is 5.91 Å². The fraction of sp³-hybridized carbons (Fsp3) is 0.300. The van der Waals surface area contributed by atoms with Crippen LogP contribution >= 0.6 is 11.6 Å². The Balaban J connectivity index is 2.68. The summed E-state index contributed by atoms with van der Waals surface area (Å²) in [6.45, 7) is 1.94. The van der Waals surface area contributed by atoms with Crippen LogP contribution in [0.25, 0.3) is 0 Å². The van der Waals surface area contributed by atoms with E-state index in [2.05, 4.69) is 0 Å². The Morgan fingerprint density at radius 2 is 2.23 bits per heavy atom. The first-order valence-corrected chi connectivity index (χ1v) is 4.50. The van der Waals surface area contributed by atoms with E-state index in [1.165, 1.54) is 0 Å². The fourth-order valence-corrected chi connectivity index (χ4v) is 1.26. The van der Waals surface area contributed by atoms with Crippen LogP contribution in [0.15, 0.2) is 18.2 Å². The van der Waals surface area contributed by atoms with Crippen LogP contribution in [0.3, 0.4) is 0 Å². The highest BCUT2D eigenvalue weighted by Gasteiger charge is 1.99. The third-order valence-corrected chi connectivity index (χ3v) is 2.30. The van der Waals surface area contributed by atoms with Crippen LogP contribution in [-0.2, 0) is 11.2 Å². The number of hydrogen-bond donors (Lipinski definition) is 1. The summed E-state index contributed by atoms with van der Waals surface area (Å²) in [4.78, 5) is 10.5. The minimum atomic E-state index is -0.281. The highest BCUT2D eigenvalue weighted by atomic mass is 35.5. The van der Waals surface area contributed by atoms with Crippen LogP contribution in [0.2, 0.25) is 5.02 Å². The van der Waals surface area contributed by atoms with Gasteiger partial charge in [0.1, 0.15) is 0 Å². The van der Waals surface area contributed by atoms with Crippen molar-refractivity contribution >= 4 is 17.5 Å². The zero-order chi connectivity index (χ0) is 9.84. The molecule has 1 amide bonds. The molecule has 13 heavy (non-hydrogen) atoms. The van der Waals surface area contributed by atoms with Crippen LogP contribution in [0.5, 0.6) is 0 Å². The number of carbonyl (C=O) groups is 1. The van der Waals surface area contributed by atoms with Crippen LogP contribution in [-0.4, -0.2) is 5.91 Å². The van der Waals surface area contributed by atoms with Crippen molar-refractivity contribution in [2.24, 2.45) is 5.73 Å². The smallest absolute Gasteiger partial charge is 0.217 e. The average molecular weight is 198 g/mol. The van der Waals surface area contributed by atoms with Gasteiger partial charge in [-0.2, -0.15) is 0 Å². The molecule has 0 aliphatic carbocycles. The summed E-state index contributed by atoms with van der Waals surface area (Å²) in [6.07, 6.45) is 1.04. The first-order valence-electron chi connectivity index (χ1n) is 4.13. The molecule has 1 aromatic carbocycles. The zero-order valence-electron chi connectivity index (χ0n) is 7.51. The molecule has 0 unspecified atom stereocenters.